The summed E-state index contributed by atoms with van der Waals surface area (Å²) in [5.74, 6) is 0. The molecule has 2 aromatic rings. The lowest BCUT2D eigenvalue weighted by molar-refractivity contribution is 0.742. The average Bonchev–Trinajstić information content (AvgIpc) is 2.80. The van der Waals surface area contributed by atoms with Gasteiger partial charge >= 0.3 is 0 Å². The van der Waals surface area contributed by atoms with Crippen molar-refractivity contribution in [3.8, 4) is 0 Å². The highest BCUT2D eigenvalue weighted by Crippen LogP contribution is 2.34. The Balaban J connectivity index is 1.95. The summed E-state index contributed by atoms with van der Waals surface area (Å²) in [5.41, 5.74) is 10.6. The molecule has 2 heterocycles. The molecule has 0 unspecified atom stereocenters. The Labute approximate surface area is 120 Å². The highest BCUT2D eigenvalue weighted by molar-refractivity contribution is 9.10. The minimum atomic E-state index is 0.846. The Kier molecular flexibility index (Phi) is 3.08. The van der Waals surface area contributed by atoms with Crippen LogP contribution in [0.1, 0.15) is 16.0 Å². The van der Waals surface area contributed by atoms with Crippen LogP contribution in [0.2, 0.25) is 0 Å². The maximum Gasteiger partial charge on any atom is 0.0517 e. The Morgan fingerprint density at radius 2 is 2.22 bits per heavy atom. The van der Waals surface area contributed by atoms with Crippen molar-refractivity contribution in [1.82, 2.24) is 0 Å². The van der Waals surface area contributed by atoms with Gasteiger partial charge in [0.1, 0.15) is 0 Å². The molecule has 4 heteroatoms. The largest absolute Gasteiger partial charge is 0.398 e. The number of nitrogens with zero attached hydrogens (tertiary/aromatic N) is 1. The van der Waals surface area contributed by atoms with Gasteiger partial charge in [0.25, 0.3) is 0 Å². The summed E-state index contributed by atoms with van der Waals surface area (Å²) in [4.78, 5) is 3.96. The maximum absolute atomic E-state index is 5.93. The summed E-state index contributed by atoms with van der Waals surface area (Å²) in [5, 5.41) is 2.19. The number of hydrogen-bond acceptors (Lipinski definition) is 3. The van der Waals surface area contributed by atoms with E-state index in [1.165, 1.54) is 16.1 Å². The van der Waals surface area contributed by atoms with Gasteiger partial charge in [-0.05, 0) is 64.0 Å². The molecule has 1 aliphatic rings. The van der Waals surface area contributed by atoms with Crippen LogP contribution in [0.3, 0.4) is 0 Å². The van der Waals surface area contributed by atoms with Gasteiger partial charge in [0, 0.05) is 28.1 Å². The monoisotopic (exact) mass is 322 g/mol. The molecule has 2 nitrogen and oxygen atoms in total. The van der Waals surface area contributed by atoms with Crippen LogP contribution >= 0.6 is 27.3 Å². The highest BCUT2D eigenvalue weighted by atomic mass is 79.9. The Bertz CT molecular complexity index is 591. The van der Waals surface area contributed by atoms with Gasteiger partial charge in [-0.1, -0.05) is 0 Å². The molecule has 1 aliphatic heterocycles. The summed E-state index contributed by atoms with van der Waals surface area (Å²) in [6, 6.07) is 6.43. The van der Waals surface area contributed by atoms with Crippen LogP contribution in [-0.2, 0) is 13.0 Å². The van der Waals surface area contributed by atoms with Gasteiger partial charge in [0.05, 0.1) is 5.69 Å². The van der Waals surface area contributed by atoms with Crippen molar-refractivity contribution in [3.05, 3.63) is 44.1 Å². The van der Waals surface area contributed by atoms with Crippen molar-refractivity contribution in [2.45, 2.75) is 19.9 Å². The first-order chi connectivity index (χ1) is 8.65. The molecule has 0 bridgehead atoms. The van der Waals surface area contributed by atoms with Crippen LogP contribution in [0.25, 0.3) is 0 Å². The van der Waals surface area contributed by atoms with Gasteiger partial charge in [-0.25, -0.2) is 0 Å². The van der Waals surface area contributed by atoms with E-state index in [4.69, 9.17) is 5.73 Å². The smallest absolute Gasteiger partial charge is 0.0517 e. The molecule has 18 heavy (non-hydrogen) atoms. The van der Waals surface area contributed by atoms with E-state index < -0.39 is 0 Å². The third kappa shape index (κ3) is 2.04. The highest BCUT2D eigenvalue weighted by Gasteiger charge is 2.19. The molecule has 0 saturated heterocycles. The summed E-state index contributed by atoms with van der Waals surface area (Å²) >= 11 is 5.50. The van der Waals surface area contributed by atoms with Crippen LogP contribution in [0.15, 0.2) is 28.1 Å². The molecule has 1 aromatic carbocycles. The Hall–Kier alpha value is -1.00. The van der Waals surface area contributed by atoms with Crippen LogP contribution in [0.5, 0.6) is 0 Å². The number of hydrogen-bond donors (Lipinski definition) is 1. The zero-order valence-electron chi connectivity index (χ0n) is 10.2. The van der Waals surface area contributed by atoms with Crippen molar-refractivity contribution in [3.63, 3.8) is 0 Å². The summed E-state index contributed by atoms with van der Waals surface area (Å²) in [7, 11) is 0. The van der Waals surface area contributed by atoms with E-state index in [0.29, 0.717) is 0 Å². The summed E-state index contributed by atoms with van der Waals surface area (Å²) in [6.45, 7) is 4.14. The maximum atomic E-state index is 5.93. The SMILES string of the molecule is Cc1cc(N2CCc3sccc3C2)c(Br)cc1N. The molecule has 94 valence electrons. The lowest BCUT2D eigenvalue weighted by Gasteiger charge is -2.30. The number of aryl methyl sites for hydroxylation is 1. The van der Waals surface area contributed by atoms with Gasteiger partial charge in [-0.15, -0.1) is 11.3 Å². The molecule has 0 spiro atoms. The molecular weight excluding hydrogens is 308 g/mol. The number of anilines is 2. The van der Waals surface area contributed by atoms with E-state index in [9.17, 15) is 0 Å². The molecule has 0 amide bonds. The minimum Gasteiger partial charge on any atom is -0.398 e. The van der Waals surface area contributed by atoms with E-state index in [0.717, 1.165) is 35.2 Å². The molecule has 0 saturated carbocycles. The number of thiophene rings is 1. The molecule has 0 radical (unpaired) electrons. The van der Waals surface area contributed by atoms with E-state index in [-0.39, 0.29) is 0 Å². The molecule has 0 aliphatic carbocycles. The summed E-state index contributed by atoms with van der Waals surface area (Å²) < 4.78 is 1.09. The molecular formula is C14H15BrN2S. The third-order valence-corrected chi connectivity index (χ3v) is 5.14. The molecule has 0 atom stereocenters. The number of fused-ring (bicyclic) bond motifs is 1. The van der Waals surface area contributed by atoms with E-state index in [1.807, 2.05) is 17.4 Å². The number of benzene rings is 1. The summed E-state index contributed by atoms with van der Waals surface area (Å²) in [6.07, 6.45) is 1.14. The average molecular weight is 323 g/mol. The first-order valence-electron chi connectivity index (χ1n) is 6.01. The van der Waals surface area contributed by atoms with Crippen LogP contribution in [0.4, 0.5) is 11.4 Å². The second-order valence-corrected chi connectivity index (χ2v) is 6.56. The predicted molar refractivity (Wildman–Crippen MR) is 82.4 cm³/mol. The van der Waals surface area contributed by atoms with E-state index in [2.05, 4.69) is 45.3 Å². The Morgan fingerprint density at radius 3 is 3.06 bits per heavy atom. The Morgan fingerprint density at radius 1 is 1.39 bits per heavy atom. The fraction of sp³-hybridized carbons (Fsp3) is 0.286. The van der Waals surface area contributed by atoms with Crippen molar-refractivity contribution >= 4 is 38.6 Å². The topological polar surface area (TPSA) is 29.3 Å². The van der Waals surface area contributed by atoms with E-state index in [1.54, 1.807) is 0 Å². The van der Waals surface area contributed by atoms with Gasteiger partial charge in [-0.2, -0.15) is 0 Å². The van der Waals surface area contributed by atoms with Gasteiger partial charge in [-0.3, -0.25) is 0 Å². The van der Waals surface area contributed by atoms with Crippen molar-refractivity contribution in [2.24, 2.45) is 0 Å². The first-order valence-corrected chi connectivity index (χ1v) is 7.68. The first kappa shape index (κ1) is 12.1. The van der Waals surface area contributed by atoms with Gasteiger partial charge < -0.3 is 10.6 Å². The lowest BCUT2D eigenvalue weighted by atomic mass is 10.1. The number of nitrogens with two attached hydrogens (primary N) is 1. The second kappa shape index (κ2) is 4.59. The predicted octanol–water partition coefficient (Wildman–Crippen LogP) is 3.96. The van der Waals surface area contributed by atoms with Crippen molar-refractivity contribution < 1.29 is 0 Å². The third-order valence-electron chi connectivity index (χ3n) is 3.48. The molecule has 2 N–H and O–H groups in total. The fourth-order valence-corrected chi connectivity index (χ4v) is 3.88. The fourth-order valence-electron chi connectivity index (χ4n) is 2.38. The lowest BCUT2D eigenvalue weighted by Crippen LogP contribution is -2.29. The quantitative estimate of drug-likeness (QED) is 0.805. The van der Waals surface area contributed by atoms with Gasteiger partial charge in [0.15, 0.2) is 0 Å². The van der Waals surface area contributed by atoms with E-state index >= 15 is 0 Å². The minimum absolute atomic E-state index is 0.846. The number of halogens is 1. The van der Waals surface area contributed by atoms with Crippen molar-refractivity contribution in [2.75, 3.05) is 17.2 Å². The standard InChI is InChI=1S/C14H15BrN2S/c1-9-6-13(11(15)7-12(9)16)17-4-2-14-10(8-17)3-5-18-14/h3,5-7H,2,4,8,16H2,1H3. The molecule has 0 fully saturated rings. The normalized spacial score (nSPS) is 14.7. The molecule has 1 aromatic heterocycles. The second-order valence-electron chi connectivity index (χ2n) is 4.70. The zero-order chi connectivity index (χ0) is 12.7. The van der Waals surface area contributed by atoms with Gasteiger partial charge in [0.2, 0.25) is 0 Å². The molecule has 3 rings (SSSR count). The zero-order valence-corrected chi connectivity index (χ0v) is 12.6. The van der Waals surface area contributed by atoms with Crippen molar-refractivity contribution in [1.29, 1.82) is 0 Å². The van der Waals surface area contributed by atoms with Crippen LogP contribution < -0.4 is 10.6 Å². The number of nitrogen functional groups attached to an aromatic ring is 1. The number of rotatable bonds is 1. The van der Waals surface area contributed by atoms with Crippen LogP contribution in [-0.4, -0.2) is 6.54 Å². The van der Waals surface area contributed by atoms with Crippen LogP contribution in [0, 0.1) is 6.92 Å².